The lowest BCUT2D eigenvalue weighted by atomic mass is 9.99. The summed E-state index contributed by atoms with van der Waals surface area (Å²) >= 11 is 0. The molecule has 0 heterocycles. The van der Waals surface area contributed by atoms with Crippen LogP contribution in [0.2, 0.25) is 6.32 Å². The van der Waals surface area contributed by atoms with Crippen LogP contribution in [0, 0.1) is 0 Å². The molecule has 52 valence electrons. The number of aliphatic carboxylic acids is 1. The minimum atomic E-state index is -0.675. The van der Waals surface area contributed by atoms with Crippen LogP contribution in [0.3, 0.4) is 0 Å². The molecule has 0 aliphatic carbocycles. The molecule has 0 saturated carbocycles. The van der Waals surface area contributed by atoms with Crippen molar-refractivity contribution in [3.8, 4) is 0 Å². The van der Waals surface area contributed by atoms with Gasteiger partial charge in [0.2, 0.25) is 0 Å². The Balaban J connectivity index is 2.83. The minimum Gasteiger partial charge on any atom is -0.481 e. The van der Waals surface area contributed by atoms with E-state index in [4.69, 9.17) is 5.11 Å². The Kier molecular flexibility index (Phi) is 5.37. The van der Waals surface area contributed by atoms with Crippen LogP contribution >= 0.6 is 0 Å². The maximum atomic E-state index is 9.96. The van der Waals surface area contributed by atoms with Gasteiger partial charge in [-0.1, -0.05) is 19.2 Å². The Bertz CT molecular complexity index is 83.1. The Hall–Kier alpha value is -0.465. The molecule has 0 aromatic carbocycles. The van der Waals surface area contributed by atoms with Crippen molar-refractivity contribution in [2.45, 2.75) is 32.0 Å². The Labute approximate surface area is 56.7 Å². The summed E-state index contributed by atoms with van der Waals surface area (Å²) in [6.45, 7) is 0. The monoisotopic (exact) mass is 128 g/mol. The molecule has 0 bridgehead atoms. The fraction of sp³-hybridized carbons (Fsp3) is 0.833. The summed E-state index contributed by atoms with van der Waals surface area (Å²) in [5.41, 5.74) is 0. The normalized spacial score (nSPS) is 9.33. The predicted molar refractivity (Wildman–Crippen MR) is 39.5 cm³/mol. The van der Waals surface area contributed by atoms with E-state index in [1.54, 1.807) is 0 Å². The van der Waals surface area contributed by atoms with E-state index >= 15 is 0 Å². The van der Waals surface area contributed by atoms with E-state index in [0.29, 0.717) is 6.42 Å². The molecule has 0 spiro atoms. The van der Waals surface area contributed by atoms with Gasteiger partial charge >= 0.3 is 5.97 Å². The molecule has 0 aromatic rings. The topological polar surface area (TPSA) is 37.3 Å². The SMILES string of the molecule is BCCCCCC(=O)O. The Morgan fingerprint density at radius 3 is 2.44 bits per heavy atom. The zero-order valence-electron chi connectivity index (χ0n) is 5.89. The summed E-state index contributed by atoms with van der Waals surface area (Å²) in [4.78, 5) is 9.96. The highest BCUT2D eigenvalue weighted by Gasteiger charge is 1.93. The quantitative estimate of drug-likeness (QED) is 0.436. The van der Waals surface area contributed by atoms with Gasteiger partial charge in [0.05, 0.1) is 0 Å². The van der Waals surface area contributed by atoms with Crippen LogP contribution in [-0.4, -0.2) is 18.9 Å². The van der Waals surface area contributed by atoms with Crippen LogP contribution < -0.4 is 0 Å². The van der Waals surface area contributed by atoms with Gasteiger partial charge in [-0.15, -0.1) is 0 Å². The molecule has 0 fully saturated rings. The lowest BCUT2D eigenvalue weighted by Crippen LogP contribution is -1.93. The maximum Gasteiger partial charge on any atom is 0.303 e. The molecule has 1 N–H and O–H groups in total. The van der Waals surface area contributed by atoms with Crippen LogP contribution in [0.1, 0.15) is 25.7 Å². The molecule has 2 nitrogen and oxygen atoms in total. The van der Waals surface area contributed by atoms with Crippen LogP contribution in [0.4, 0.5) is 0 Å². The van der Waals surface area contributed by atoms with Crippen molar-refractivity contribution < 1.29 is 9.90 Å². The van der Waals surface area contributed by atoms with E-state index < -0.39 is 5.97 Å². The van der Waals surface area contributed by atoms with Gasteiger partial charge in [0.15, 0.2) is 0 Å². The fourth-order valence-corrected chi connectivity index (χ4v) is 0.703. The number of hydrogen-bond acceptors (Lipinski definition) is 1. The van der Waals surface area contributed by atoms with E-state index in [2.05, 4.69) is 7.85 Å². The molecule has 0 atom stereocenters. The Morgan fingerprint density at radius 2 is 2.00 bits per heavy atom. The number of carboxylic acid groups (broad SMARTS) is 1. The van der Waals surface area contributed by atoms with Gasteiger partial charge in [-0.3, -0.25) is 4.79 Å². The van der Waals surface area contributed by atoms with Crippen molar-refractivity contribution in [3.05, 3.63) is 0 Å². The molecular formula is C6H13BO2. The molecule has 0 amide bonds. The number of carbonyl (C=O) groups is 1. The lowest BCUT2D eigenvalue weighted by molar-refractivity contribution is -0.137. The van der Waals surface area contributed by atoms with E-state index in [1.165, 1.54) is 6.32 Å². The highest BCUT2D eigenvalue weighted by atomic mass is 16.4. The third-order valence-electron chi connectivity index (χ3n) is 1.24. The van der Waals surface area contributed by atoms with Crippen molar-refractivity contribution in [3.63, 3.8) is 0 Å². The van der Waals surface area contributed by atoms with Crippen molar-refractivity contribution in [2.24, 2.45) is 0 Å². The number of unbranched alkanes of at least 4 members (excludes halogenated alkanes) is 2. The van der Waals surface area contributed by atoms with E-state index in [9.17, 15) is 4.79 Å². The van der Waals surface area contributed by atoms with Gasteiger partial charge in [-0.05, 0) is 6.42 Å². The van der Waals surface area contributed by atoms with Crippen molar-refractivity contribution in [2.75, 3.05) is 0 Å². The highest BCUT2D eigenvalue weighted by Crippen LogP contribution is 2.00. The molecule has 0 radical (unpaired) electrons. The molecule has 0 aromatic heterocycles. The van der Waals surface area contributed by atoms with Crippen molar-refractivity contribution in [1.29, 1.82) is 0 Å². The lowest BCUT2D eigenvalue weighted by Gasteiger charge is -1.92. The van der Waals surface area contributed by atoms with Gasteiger partial charge in [0, 0.05) is 6.42 Å². The third-order valence-corrected chi connectivity index (χ3v) is 1.24. The number of carboxylic acids is 1. The largest absolute Gasteiger partial charge is 0.481 e. The van der Waals surface area contributed by atoms with Crippen LogP contribution in [0.5, 0.6) is 0 Å². The zero-order chi connectivity index (χ0) is 7.11. The summed E-state index contributed by atoms with van der Waals surface area (Å²) in [7, 11) is 2.11. The van der Waals surface area contributed by atoms with E-state index in [1.807, 2.05) is 0 Å². The second kappa shape index (κ2) is 5.67. The predicted octanol–water partition coefficient (Wildman–Crippen LogP) is 0.683. The summed E-state index contributed by atoms with van der Waals surface area (Å²) in [6.07, 6.45) is 4.55. The Morgan fingerprint density at radius 1 is 1.33 bits per heavy atom. The molecule has 0 aliphatic heterocycles. The van der Waals surface area contributed by atoms with Crippen LogP contribution in [0.25, 0.3) is 0 Å². The second-order valence-corrected chi connectivity index (χ2v) is 2.20. The maximum absolute atomic E-state index is 9.96. The van der Waals surface area contributed by atoms with Crippen molar-refractivity contribution >= 4 is 13.8 Å². The van der Waals surface area contributed by atoms with Crippen LogP contribution in [-0.2, 0) is 4.79 Å². The van der Waals surface area contributed by atoms with Gasteiger partial charge in [0.25, 0.3) is 0 Å². The van der Waals surface area contributed by atoms with Gasteiger partial charge in [0.1, 0.15) is 7.85 Å². The van der Waals surface area contributed by atoms with Gasteiger partial charge < -0.3 is 5.11 Å². The van der Waals surface area contributed by atoms with E-state index in [0.717, 1.165) is 19.3 Å². The van der Waals surface area contributed by atoms with Crippen LogP contribution in [0.15, 0.2) is 0 Å². The zero-order valence-corrected chi connectivity index (χ0v) is 5.89. The number of rotatable bonds is 5. The minimum absolute atomic E-state index is 0.333. The average molecular weight is 128 g/mol. The van der Waals surface area contributed by atoms with E-state index in [-0.39, 0.29) is 0 Å². The first-order valence-electron chi connectivity index (χ1n) is 3.49. The molecule has 0 rings (SSSR count). The molecule has 0 aliphatic rings. The second-order valence-electron chi connectivity index (χ2n) is 2.20. The van der Waals surface area contributed by atoms with Gasteiger partial charge in [-0.25, -0.2) is 0 Å². The summed E-state index contributed by atoms with van der Waals surface area (Å²) in [5, 5.41) is 8.21. The standard InChI is InChI=1S/C6H13BO2/c7-5-3-1-2-4-6(8)9/h1-5,7H2,(H,8,9). The van der Waals surface area contributed by atoms with Gasteiger partial charge in [-0.2, -0.15) is 0 Å². The first-order chi connectivity index (χ1) is 4.27. The molecule has 0 unspecified atom stereocenters. The average Bonchev–Trinajstić information content (AvgIpc) is 1.80. The summed E-state index contributed by atoms with van der Waals surface area (Å²) in [6, 6.07) is 0. The molecule has 9 heavy (non-hydrogen) atoms. The summed E-state index contributed by atoms with van der Waals surface area (Å²) < 4.78 is 0. The van der Waals surface area contributed by atoms with Crippen molar-refractivity contribution in [1.82, 2.24) is 0 Å². The summed E-state index contributed by atoms with van der Waals surface area (Å²) in [5.74, 6) is -0.675. The highest BCUT2D eigenvalue weighted by molar-refractivity contribution is 6.08. The smallest absolute Gasteiger partial charge is 0.303 e. The molecule has 3 heteroatoms. The first kappa shape index (κ1) is 8.53. The first-order valence-corrected chi connectivity index (χ1v) is 3.49. The molecule has 0 saturated heterocycles. The molecular weight excluding hydrogens is 115 g/mol. The number of hydrogen-bond donors (Lipinski definition) is 1. The fourth-order valence-electron chi connectivity index (χ4n) is 0.703. The third kappa shape index (κ3) is 7.53.